The summed E-state index contributed by atoms with van der Waals surface area (Å²) in [6.07, 6.45) is 65.0. The van der Waals surface area contributed by atoms with Crippen molar-refractivity contribution < 1.29 is 27.1 Å². The molecule has 0 aliphatic rings. The summed E-state index contributed by atoms with van der Waals surface area (Å²) in [5.41, 5.74) is -7.25. The predicted octanol–water partition coefficient (Wildman–Crippen LogP) is 25.6. The van der Waals surface area contributed by atoms with Crippen molar-refractivity contribution in [3.05, 3.63) is 0 Å². The Bertz CT molecular complexity index is 1060. The average Bonchev–Trinajstić information content (AvgIpc) is 3.43. The second-order valence-electron chi connectivity index (χ2n) is 22.3. The van der Waals surface area contributed by atoms with Crippen LogP contribution < -0.4 is 0 Å². The Morgan fingerprint density at radius 1 is 0.212 bits per heavy atom. The van der Waals surface area contributed by atoms with Gasteiger partial charge in [0.1, 0.15) is 0 Å². The SMILES string of the molecule is CCCCCCCCCCOP(=S)([S-])OCCCCCCCCCC.CCCCCCCCCCOP(=S)([S-])OCCCCCCCCCC.CCCCCCCCCCOP(=S)([S-])OCCCCCCCCCC.CCC[CH2][Sn+3]. The summed E-state index contributed by atoms with van der Waals surface area (Å²) >= 11 is 33.6. The van der Waals surface area contributed by atoms with E-state index >= 15 is 0 Å². The van der Waals surface area contributed by atoms with Crippen LogP contribution in [0.25, 0.3) is 0 Å². The van der Waals surface area contributed by atoms with Gasteiger partial charge in [-0.2, -0.15) is 0 Å². The minimum absolute atomic E-state index is 0.674. The molecule has 0 spiro atoms. The standard InChI is InChI=1S/3C20H43O2PS2.C4H9.Sn/c3*1-3-5-7-9-11-13-15-17-19-21-23(24,25)22-20-18-16-14-12-10-8-6-4-2;1-3-4-2;/h3*3-20H2,1-2H3,(H,24,25);1,3-4H2,2H3;/q;;;;+3/p-3. The Morgan fingerprint density at radius 2 is 0.325 bits per heavy atom. The van der Waals surface area contributed by atoms with Crippen molar-refractivity contribution in [1.82, 2.24) is 0 Å². The van der Waals surface area contributed by atoms with Gasteiger partial charge in [-0.05, 0) is 38.5 Å². The van der Waals surface area contributed by atoms with Crippen LogP contribution in [-0.4, -0.2) is 62.2 Å². The van der Waals surface area contributed by atoms with Gasteiger partial charge in [-0.3, -0.25) is 0 Å². The molecular weight excluding hydrogens is 1270 g/mol. The molecule has 0 aliphatic heterocycles. The number of rotatable bonds is 62. The van der Waals surface area contributed by atoms with E-state index in [-0.39, 0.29) is 0 Å². The molecule has 80 heavy (non-hydrogen) atoms. The molecule has 0 aromatic heterocycles. The molecule has 6 nitrogen and oxygen atoms in total. The molecule has 0 atom stereocenters. The summed E-state index contributed by atoms with van der Waals surface area (Å²) in [6.45, 7) is 19.8. The van der Waals surface area contributed by atoms with Gasteiger partial charge in [-0.1, -0.05) is 347 Å². The van der Waals surface area contributed by atoms with Crippen LogP contribution in [-0.2, 0) is 99.3 Å². The van der Waals surface area contributed by atoms with Crippen LogP contribution in [0.5, 0.6) is 0 Å². The third-order valence-corrected chi connectivity index (χ3v) is 21.8. The zero-order chi connectivity index (χ0) is 60.0. The van der Waals surface area contributed by atoms with E-state index in [4.69, 9.17) is 99.3 Å². The Balaban J connectivity index is -0.000000518. The van der Waals surface area contributed by atoms with Crippen LogP contribution in [0.3, 0.4) is 0 Å². The Hall–Kier alpha value is 3.56. The summed E-state index contributed by atoms with van der Waals surface area (Å²) < 4.78 is 35.4. The van der Waals surface area contributed by atoms with Crippen molar-refractivity contribution >= 4 is 112 Å². The molecule has 0 amide bonds. The maximum absolute atomic E-state index is 5.67. The summed E-state index contributed by atoms with van der Waals surface area (Å²) in [6, 6.07) is 0. The number of unbranched alkanes of at least 4 members (excludes halogenated alkanes) is 43. The topological polar surface area (TPSA) is 55.4 Å². The zero-order valence-corrected chi connectivity index (χ0v) is 64.5. The minimum atomic E-state index is -2.42. The fraction of sp³-hybridized carbons (Fsp3) is 1.00. The van der Waals surface area contributed by atoms with Crippen molar-refractivity contribution in [2.45, 2.75) is 374 Å². The van der Waals surface area contributed by atoms with Crippen LogP contribution in [0.1, 0.15) is 370 Å². The second-order valence-corrected chi connectivity index (χ2v) is 38.7. The van der Waals surface area contributed by atoms with Crippen LogP contribution in [0.4, 0.5) is 0 Å². The number of hydrogen-bond donors (Lipinski definition) is 0. The van der Waals surface area contributed by atoms with Crippen molar-refractivity contribution in [1.29, 1.82) is 0 Å². The van der Waals surface area contributed by atoms with Crippen LogP contribution in [0.15, 0.2) is 0 Å². The van der Waals surface area contributed by atoms with Crippen LogP contribution in [0, 0.1) is 0 Å². The molecule has 0 saturated heterocycles. The molecule has 0 saturated carbocycles. The van der Waals surface area contributed by atoms with E-state index in [2.05, 4.69) is 48.5 Å². The Morgan fingerprint density at radius 3 is 0.425 bits per heavy atom. The zero-order valence-electron chi connectivity index (χ0n) is 54.0. The van der Waals surface area contributed by atoms with Crippen molar-refractivity contribution in [2.24, 2.45) is 0 Å². The molecule has 0 radical (unpaired) electrons. The van der Waals surface area contributed by atoms with E-state index in [0.29, 0.717) is 39.6 Å². The van der Waals surface area contributed by atoms with Crippen LogP contribution in [0.2, 0.25) is 4.44 Å². The van der Waals surface area contributed by atoms with Gasteiger partial charge in [0.05, 0.1) is 56.7 Å². The monoisotopic (exact) mass is 1400 g/mol. The fourth-order valence-electron chi connectivity index (χ4n) is 8.76. The summed E-state index contributed by atoms with van der Waals surface area (Å²) in [7, 11) is 0. The third kappa shape index (κ3) is 88.0. The van der Waals surface area contributed by atoms with Gasteiger partial charge in [-0.15, -0.1) is 0 Å². The fourth-order valence-corrected chi connectivity index (χ4v) is 14.8. The van der Waals surface area contributed by atoms with Gasteiger partial charge in [-0.25, -0.2) is 0 Å². The molecule has 0 aliphatic carbocycles. The van der Waals surface area contributed by atoms with E-state index in [0.717, 1.165) is 38.5 Å². The van der Waals surface area contributed by atoms with Crippen molar-refractivity contribution in [3.8, 4) is 0 Å². The first kappa shape index (κ1) is 90.0. The molecular formula is C64H135O6P3S6Sn. The Labute approximate surface area is 547 Å². The first-order valence-corrected chi connectivity index (χ1v) is 47.2. The summed E-state index contributed by atoms with van der Waals surface area (Å²) in [4.78, 5) is 0. The van der Waals surface area contributed by atoms with E-state index < -0.39 is 17.1 Å². The van der Waals surface area contributed by atoms with Crippen molar-refractivity contribution in [3.63, 3.8) is 0 Å². The van der Waals surface area contributed by atoms with Crippen LogP contribution >= 0.6 is 17.1 Å². The molecule has 0 N–H and O–H groups in total. The quantitative estimate of drug-likeness (QED) is 0.0252. The molecule has 0 aromatic carbocycles. The predicted molar refractivity (Wildman–Crippen MR) is 382 cm³/mol. The first-order chi connectivity index (χ1) is 38.8. The van der Waals surface area contributed by atoms with Gasteiger partial charge >= 0.3 is 46.7 Å². The molecule has 0 unspecified atom stereocenters. The average molecular weight is 1400 g/mol. The summed E-state index contributed by atoms with van der Waals surface area (Å²) in [5, 5.41) is 0. The molecule has 0 heterocycles. The Kier molecular flexibility index (Phi) is 86.4. The van der Waals surface area contributed by atoms with E-state index in [1.165, 1.54) is 287 Å². The van der Waals surface area contributed by atoms with Gasteiger partial charge < -0.3 is 63.9 Å². The van der Waals surface area contributed by atoms with E-state index in [1.54, 1.807) is 22.5 Å². The van der Waals surface area contributed by atoms with E-state index in [1.807, 2.05) is 0 Å². The molecule has 0 aromatic rings. The van der Waals surface area contributed by atoms with Gasteiger partial charge in [0, 0.05) is 0 Å². The normalized spacial score (nSPS) is 11.8. The molecule has 0 bridgehead atoms. The second kappa shape index (κ2) is 76.8. The molecule has 482 valence electrons. The van der Waals surface area contributed by atoms with Gasteiger partial charge in [0.25, 0.3) is 0 Å². The first-order valence-electron chi connectivity index (χ1n) is 34.2. The molecule has 0 rings (SSSR count). The van der Waals surface area contributed by atoms with E-state index in [9.17, 15) is 0 Å². The van der Waals surface area contributed by atoms with Gasteiger partial charge in [0.2, 0.25) is 0 Å². The maximum atomic E-state index is 5.67. The third-order valence-electron chi connectivity index (χ3n) is 14.0. The molecule has 0 fully saturated rings. The van der Waals surface area contributed by atoms with Gasteiger partial charge in [0.15, 0.2) is 0 Å². The summed E-state index contributed by atoms with van der Waals surface area (Å²) in [5.74, 6) is 0. The number of hydrogen-bond acceptors (Lipinski definition) is 12. The molecule has 16 heteroatoms. The van der Waals surface area contributed by atoms with Crippen molar-refractivity contribution in [2.75, 3.05) is 39.6 Å².